The van der Waals surface area contributed by atoms with Crippen LogP contribution in [0.15, 0.2) is 72.8 Å². The van der Waals surface area contributed by atoms with Gasteiger partial charge in [0.05, 0.1) is 0 Å². The van der Waals surface area contributed by atoms with Crippen molar-refractivity contribution in [1.82, 2.24) is 4.90 Å². The molecule has 0 atom stereocenters. The molecule has 0 radical (unpaired) electrons. The summed E-state index contributed by atoms with van der Waals surface area (Å²) in [6, 6.07) is 26.2. The van der Waals surface area contributed by atoms with E-state index >= 15 is 0 Å². The van der Waals surface area contributed by atoms with Gasteiger partial charge in [0.15, 0.2) is 0 Å². The second-order valence-corrected chi connectivity index (χ2v) is 15.2. The molecule has 3 aromatic carbocycles. The summed E-state index contributed by atoms with van der Waals surface area (Å²) >= 11 is 0. The monoisotopic (exact) mass is 552 g/mol. The number of benzene rings is 3. The molecule has 2 amide bonds. The molecule has 1 fully saturated rings. The predicted molar refractivity (Wildman–Crippen MR) is 175 cm³/mol. The van der Waals surface area contributed by atoms with Crippen LogP contribution in [0.3, 0.4) is 0 Å². The minimum absolute atomic E-state index is 0.0107. The van der Waals surface area contributed by atoms with Gasteiger partial charge in [-0.2, -0.15) is 0 Å². The van der Waals surface area contributed by atoms with Gasteiger partial charge in [0.25, 0.3) is 0 Å². The third kappa shape index (κ3) is 7.61. The van der Waals surface area contributed by atoms with Gasteiger partial charge in [-0.25, -0.2) is 4.79 Å². The summed E-state index contributed by atoms with van der Waals surface area (Å²) in [6.45, 7) is 20.9. The number of urea groups is 1. The number of nitrogens with one attached hydrogen (secondary N) is 1. The van der Waals surface area contributed by atoms with E-state index in [0.29, 0.717) is 12.5 Å². The lowest BCUT2D eigenvalue weighted by Crippen LogP contribution is -2.44. The zero-order valence-corrected chi connectivity index (χ0v) is 27.0. The number of hydrogen-bond acceptors (Lipinski definition) is 1. The number of nitrogens with zero attached hydrogens (tertiary/aromatic N) is 1. The van der Waals surface area contributed by atoms with E-state index in [-0.39, 0.29) is 28.3 Å². The van der Waals surface area contributed by atoms with Gasteiger partial charge < -0.3 is 10.2 Å². The van der Waals surface area contributed by atoms with Crippen LogP contribution in [0.25, 0.3) is 0 Å². The zero-order valence-electron chi connectivity index (χ0n) is 27.0. The van der Waals surface area contributed by atoms with Crippen molar-refractivity contribution in [2.45, 2.75) is 123 Å². The molecule has 0 unspecified atom stereocenters. The Balaban J connectivity index is 1.70. The lowest BCUT2D eigenvalue weighted by Gasteiger charge is -2.39. The van der Waals surface area contributed by atoms with Crippen LogP contribution in [0.5, 0.6) is 0 Å². The van der Waals surface area contributed by atoms with Crippen molar-refractivity contribution < 1.29 is 4.79 Å². The number of hydrogen-bond donors (Lipinski definition) is 1. The summed E-state index contributed by atoms with van der Waals surface area (Å²) < 4.78 is 0. The number of carbonyl (C=O) groups excluding carboxylic acids is 1. The number of amides is 2. The van der Waals surface area contributed by atoms with Crippen LogP contribution in [0.1, 0.15) is 122 Å². The Bertz CT molecular complexity index is 1260. The van der Waals surface area contributed by atoms with Gasteiger partial charge in [0, 0.05) is 18.3 Å². The average molecular weight is 553 g/mol. The Hall–Kier alpha value is -3.07. The molecule has 220 valence electrons. The molecule has 3 nitrogen and oxygen atoms in total. The average Bonchev–Trinajstić information content (AvgIpc) is 2.91. The highest BCUT2D eigenvalue weighted by molar-refractivity contribution is 5.92. The Labute approximate surface area is 249 Å². The van der Waals surface area contributed by atoms with E-state index in [1.807, 2.05) is 6.07 Å². The lowest BCUT2D eigenvalue weighted by molar-refractivity contribution is 0.158. The molecule has 0 bridgehead atoms. The van der Waals surface area contributed by atoms with Gasteiger partial charge in [-0.15, -0.1) is 0 Å². The molecule has 0 aromatic heterocycles. The van der Waals surface area contributed by atoms with Crippen LogP contribution in [0, 0.1) is 0 Å². The summed E-state index contributed by atoms with van der Waals surface area (Å²) in [5.74, 6) is 0.569. The highest BCUT2D eigenvalue weighted by Crippen LogP contribution is 2.42. The summed E-state index contributed by atoms with van der Waals surface area (Å²) in [5.41, 5.74) is 7.07. The fraction of sp³-hybridized carbons (Fsp3) is 0.500. The van der Waals surface area contributed by atoms with E-state index in [4.69, 9.17) is 0 Å². The van der Waals surface area contributed by atoms with Gasteiger partial charge in [0.1, 0.15) is 0 Å². The maximum atomic E-state index is 14.4. The normalized spacial score (nSPS) is 18.2. The van der Waals surface area contributed by atoms with Crippen molar-refractivity contribution in [3.05, 3.63) is 101 Å². The molecule has 1 N–H and O–H groups in total. The second-order valence-electron chi connectivity index (χ2n) is 15.2. The van der Waals surface area contributed by atoms with Crippen molar-refractivity contribution >= 4 is 11.7 Å². The molecule has 3 heteroatoms. The van der Waals surface area contributed by atoms with Gasteiger partial charge >= 0.3 is 6.03 Å². The highest BCUT2D eigenvalue weighted by Gasteiger charge is 2.33. The summed E-state index contributed by atoms with van der Waals surface area (Å²) in [4.78, 5) is 16.5. The SMILES string of the molecule is CC(C)(C)c1cc(C(C)(C)C)c(NC(=O)N(Cc2ccccc2)C2CCC(c3ccccc3)CC2)c(C(C)(C)C)c1. The molecular formula is C38H52N2O. The largest absolute Gasteiger partial charge is 0.322 e. The molecule has 4 rings (SSSR count). The Morgan fingerprint density at radius 2 is 1.20 bits per heavy atom. The highest BCUT2D eigenvalue weighted by atomic mass is 16.2. The lowest BCUT2D eigenvalue weighted by atomic mass is 9.74. The van der Waals surface area contributed by atoms with Crippen molar-refractivity contribution in [2.24, 2.45) is 0 Å². The third-order valence-electron chi connectivity index (χ3n) is 8.72. The maximum absolute atomic E-state index is 14.4. The topological polar surface area (TPSA) is 32.3 Å². The summed E-state index contributed by atoms with van der Waals surface area (Å²) in [5, 5.41) is 3.52. The van der Waals surface area contributed by atoms with Gasteiger partial charge in [-0.1, -0.05) is 135 Å². The quantitative estimate of drug-likeness (QED) is 0.335. The Morgan fingerprint density at radius 3 is 1.66 bits per heavy atom. The van der Waals surface area contributed by atoms with E-state index in [0.717, 1.165) is 31.4 Å². The summed E-state index contributed by atoms with van der Waals surface area (Å²) in [6.07, 6.45) is 4.24. The van der Waals surface area contributed by atoms with Crippen molar-refractivity contribution in [1.29, 1.82) is 0 Å². The first-order valence-electron chi connectivity index (χ1n) is 15.5. The maximum Gasteiger partial charge on any atom is 0.322 e. The first-order valence-corrected chi connectivity index (χ1v) is 15.5. The van der Waals surface area contributed by atoms with E-state index < -0.39 is 0 Å². The molecular weight excluding hydrogens is 500 g/mol. The molecule has 3 aromatic rings. The molecule has 1 aliphatic carbocycles. The minimum Gasteiger partial charge on any atom is -0.317 e. The molecule has 0 aliphatic heterocycles. The number of anilines is 1. The third-order valence-corrected chi connectivity index (χ3v) is 8.72. The van der Waals surface area contributed by atoms with Crippen molar-refractivity contribution in [3.63, 3.8) is 0 Å². The molecule has 0 saturated heterocycles. The van der Waals surface area contributed by atoms with Crippen molar-refractivity contribution in [3.8, 4) is 0 Å². The minimum atomic E-state index is -0.123. The van der Waals surface area contributed by atoms with E-state index in [2.05, 4.69) is 139 Å². The molecule has 0 heterocycles. The molecule has 0 spiro atoms. The van der Waals surface area contributed by atoms with Crippen LogP contribution < -0.4 is 5.32 Å². The fourth-order valence-electron chi connectivity index (χ4n) is 6.16. The van der Waals surface area contributed by atoms with Gasteiger partial charge in [0.2, 0.25) is 0 Å². The number of rotatable bonds is 5. The van der Waals surface area contributed by atoms with Crippen LogP contribution in [-0.2, 0) is 22.8 Å². The predicted octanol–water partition coefficient (Wildman–Crippen LogP) is 10.3. The second kappa shape index (κ2) is 12.0. The Kier molecular flexibility index (Phi) is 9.07. The standard InChI is InChI=1S/C38H52N2O/c1-36(2,3)30-24-32(37(4,5)6)34(33(25-30)38(7,8)9)39-35(41)40(26-27-16-12-10-13-17-27)31-22-20-29(21-23-31)28-18-14-11-15-19-28/h10-19,24-25,29,31H,20-23,26H2,1-9H3,(H,39,41). The van der Waals surface area contributed by atoms with E-state index in [9.17, 15) is 4.79 Å². The first-order chi connectivity index (χ1) is 19.1. The summed E-state index contributed by atoms with van der Waals surface area (Å²) in [7, 11) is 0. The first kappa shape index (κ1) is 30.9. The van der Waals surface area contributed by atoms with Gasteiger partial charge in [-0.05, 0) is 75.7 Å². The Morgan fingerprint density at radius 1 is 0.707 bits per heavy atom. The smallest absolute Gasteiger partial charge is 0.317 e. The fourth-order valence-corrected chi connectivity index (χ4v) is 6.16. The van der Waals surface area contributed by atoms with Crippen LogP contribution in [0.2, 0.25) is 0 Å². The van der Waals surface area contributed by atoms with Crippen LogP contribution in [-0.4, -0.2) is 17.0 Å². The van der Waals surface area contributed by atoms with Gasteiger partial charge in [-0.3, -0.25) is 0 Å². The van der Waals surface area contributed by atoms with Crippen LogP contribution >= 0.6 is 0 Å². The van der Waals surface area contributed by atoms with E-state index in [1.165, 1.54) is 27.8 Å². The van der Waals surface area contributed by atoms with Crippen LogP contribution in [0.4, 0.5) is 10.5 Å². The van der Waals surface area contributed by atoms with E-state index in [1.54, 1.807) is 0 Å². The molecule has 1 aliphatic rings. The van der Waals surface area contributed by atoms with Crippen molar-refractivity contribution in [2.75, 3.05) is 5.32 Å². The molecule has 1 saturated carbocycles. The number of carbonyl (C=O) groups is 1. The molecule has 41 heavy (non-hydrogen) atoms. The zero-order chi connectivity index (χ0) is 30.0.